The van der Waals surface area contributed by atoms with Crippen molar-refractivity contribution in [1.29, 1.82) is 0 Å². The van der Waals surface area contributed by atoms with E-state index in [4.69, 9.17) is 19.4 Å². The number of rotatable bonds is 7. The molecule has 2 aromatic rings. The van der Waals surface area contributed by atoms with Crippen LogP contribution in [-0.4, -0.2) is 35.8 Å². The molecule has 1 amide bonds. The molecule has 4 N–H and O–H groups in total. The van der Waals surface area contributed by atoms with Gasteiger partial charge in [0.05, 0.1) is 6.61 Å². The highest BCUT2D eigenvalue weighted by Gasteiger charge is 2.09. The Hall–Kier alpha value is -2.24. The van der Waals surface area contributed by atoms with Gasteiger partial charge in [0.25, 0.3) is 17.2 Å². The quantitative estimate of drug-likeness (QED) is 0.229. The van der Waals surface area contributed by atoms with Crippen LogP contribution in [0.15, 0.2) is 48.8 Å². The molecule has 0 bridgehead atoms. The van der Waals surface area contributed by atoms with Gasteiger partial charge < -0.3 is 10.0 Å². The highest BCUT2D eigenvalue weighted by molar-refractivity contribution is 7.77. The Labute approximate surface area is 140 Å². The molecule has 0 saturated carbocycles. The molecule has 0 fully saturated rings. The predicted octanol–water partition coefficient (Wildman–Crippen LogP) is -0.586. The molecule has 126 valence electrons. The fourth-order valence-electron chi connectivity index (χ4n) is 1.77. The summed E-state index contributed by atoms with van der Waals surface area (Å²) < 4.78 is 20.8. The van der Waals surface area contributed by atoms with Crippen molar-refractivity contribution < 1.29 is 28.4 Å². The van der Waals surface area contributed by atoms with Crippen LogP contribution in [0.5, 0.6) is 0 Å². The van der Waals surface area contributed by atoms with Crippen molar-refractivity contribution >= 4 is 35.8 Å². The third kappa shape index (κ3) is 5.44. The number of hydroxylamine groups is 1. The minimum Gasteiger partial charge on any atom is -0.423 e. The second-order valence-electron chi connectivity index (χ2n) is 4.74. The van der Waals surface area contributed by atoms with Crippen molar-refractivity contribution in [3.63, 3.8) is 0 Å². The van der Waals surface area contributed by atoms with Crippen LogP contribution in [0.2, 0.25) is 0 Å². The molecule has 0 aliphatic heterocycles. The first-order chi connectivity index (χ1) is 11.5. The summed E-state index contributed by atoms with van der Waals surface area (Å²) in [6.45, 7) is 0.112. The van der Waals surface area contributed by atoms with Crippen LogP contribution >= 0.6 is 0 Å². The zero-order chi connectivity index (χ0) is 17.5. The molecule has 8 nitrogen and oxygen atoms in total. The largest absolute Gasteiger partial charge is 0.488 e. The van der Waals surface area contributed by atoms with Gasteiger partial charge in [-0.15, -0.1) is 0 Å². The Morgan fingerprint density at radius 1 is 1.29 bits per heavy atom. The average molecular weight is 350 g/mol. The number of carbonyl (C=O) groups is 1. The number of nitrogens with one attached hydrogen (secondary N) is 1. The van der Waals surface area contributed by atoms with Crippen molar-refractivity contribution in [2.45, 2.75) is 6.61 Å². The Morgan fingerprint density at radius 2 is 2.00 bits per heavy atom. The van der Waals surface area contributed by atoms with Crippen LogP contribution < -0.4 is 10.9 Å². The van der Waals surface area contributed by atoms with Crippen LogP contribution in [0.4, 0.5) is 0 Å². The number of hydrogen-bond donors (Lipinski definition) is 4. The normalized spacial score (nSPS) is 12.3. The maximum absolute atomic E-state index is 11.6. The van der Waals surface area contributed by atoms with E-state index in [9.17, 15) is 9.00 Å². The average Bonchev–Trinajstić information content (AvgIpc) is 3.03. The molecule has 1 atom stereocenters. The minimum absolute atomic E-state index is 0.112. The van der Waals surface area contributed by atoms with Gasteiger partial charge >= 0.3 is 7.12 Å². The Morgan fingerprint density at radius 3 is 2.58 bits per heavy atom. The van der Waals surface area contributed by atoms with Crippen molar-refractivity contribution in [2.75, 3.05) is 0 Å². The molecule has 0 spiro atoms. The molecule has 2 rings (SSSR count). The smallest absolute Gasteiger partial charge is 0.423 e. The monoisotopic (exact) mass is 350 g/mol. The van der Waals surface area contributed by atoms with E-state index in [0.717, 1.165) is 9.54 Å². The van der Waals surface area contributed by atoms with Gasteiger partial charge in [0.15, 0.2) is 0 Å². The fraction of sp³-hybridized carbons (Fsp3) is 0.0714. The standard InChI is InChI=1S/C14H15BN2O6S/c18-14(6-3-11-7-8-17(9-11)24(21)22)16-23-10-12-1-4-13(5-2-12)15(19)20/h1-9,19-20H,10H2,(H,16,18)(H,21,22)/b6-3+. The Kier molecular flexibility index (Phi) is 6.47. The van der Waals surface area contributed by atoms with Crippen LogP contribution in [0.1, 0.15) is 11.1 Å². The van der Waals surface area contributed by atoms with E-state index in [0.29, 0.717) is 11.0 Å². The van der Waals surface area contributed by atoms with Gasteiger partial charge in [-0.1, -0.05) is 24.3 Å². The van der Waals surface area contributed by atoms with Gasteiger partial charge in [-0.25, -0.2) is 9.69 Å². The summed E-state index contributed by atoms with van der Waals surface area (Å²) >= 11 is -2.13. The molecular weight excluding hydrogens is 335 g/mol. The number of carbonyl (C=O) groups excluding carboxylic acids is 1. The van der Waals surface area contributed by atoms with E-state index < -0.39 is 24.3 Å². The molecule has 0 radical (unpaired) electrons. The first kappa shape index (κ1) is 18.1. The number of benzene rings is 1. The number of amides is 1. The zero-order valence-corrected chi connectivity index (χ0v) is 13.2. The molecule has 0 aliphatic rings. The maximum Gasteiger partial charge on any atom is 0.488 e. The lowest BCUT2D eigenvalue weighted by atomic mass is 9.80. The number of hydrogen-bond acceptors (Lipinski definition) is 5. The fourth-order valence-corrected chi connectivity index (χ4v) is 2.15. The minimum atomic E-state index is -2.13. The first-order valence-electron chi connectivity index (χ1n) is 6.80. The van der Waals surface area contributed by atoms with Gasteiger partial charge in [-0.3, -0.25) is 18.2 Å². The lowest BCUT2D eigenvalue weighted by Crippen LogP contribution is -2.29. The molecule has 24 heavy (non-hydrogen) atoms. The zero-order valence-electron chi connectivity index (χ0n) is 12.4. The van der Waals surface area contributed by atoms with E-state index in [1.165, 1.54) is 24.5 Å². The predicted molar refractivity (Wildman–Crippen MR) is 88.8 cm³/mol. The molecular formula is C14H15BN2O6S. The second kappa shape index (κ2) is 8.57. The number of aromatic nitrogens is 1. The van der Waals surface area contributed by atoms with Gasteiger partial charge in [-0.2, -0.15) is 0 Å². The van der Waals surface area contributed by atoms with Crippen molar-refractivity contribution in [3.8, 4) is 0 Å². The summed E-state index contributed by atoms with van der Waals surface area (Å²) in [5, 5.41) is 18.0. The van der Waals surface area contributed by atoms with Crippen LogP contribution in [0, 0.1) is 0 Å². The van der Waals surface area contributed by atoms with Crippen molar-refractivity contribution in [3.05, 3.63) is 59.9 Å². The van der Waals surface area contributed by atoms with E-state index in [2.05, 4.69) is 5.48 Å². The molecule has 1 heterocycles. The molecule has 1 aromatic carbocycles. The lowest BCUT2D eigenvalue weighted by molar-refractivity contribution is -0.129. The summed E-state index contributed by atoms with van der Waals surface area (Å²) in [5.41, 5.74) is 3.92. The van der Waals surface area contributed by atoms with Crippen molar-refractivity contribution in [2.24, 2.45) is 0 Å². The summed E-state index contributed by atoms with van der Waals surface area (Å²) in [4.78, 5) is 16.6. The Bertz CT molecular complexity index is 744. The lowest BCUT2D eigenvalue weighted by Gasteiger charge is -2.05. The summed E-state index contributed by atoms with van der Waals surface area (Å²) in [6, 6.07) is 7.96. The summed E-state index contributed by atoms with van der Waals surface area (Å²) in [7, 11) is -1.53. The van der Waals surface area contributed by atoms with Crippen LogP contribution in [0.25, 0.3) is 6.08 Å². The molecule has 0 saturated heterocycles. The summed E-state index contributed by atoms with van der Waals surface area (Å²) in [5.74, 6) is -0.490. The van der Waals surface area contributed by atoms with Crippen molar-refractivity contribution in [1.82, 2.24) is 9.45 Å². The van der Waals surface area contributed by atoms with E-state index in [1.54, 1.807) is 30.3 Å². The second-order valence-corrected chi connectivity index (χ2v) is 5.62. The van der Waals surface area contributed by atoms with Crippen LogP contribution in [0.3, 0.4) is 0 Å². The van der Waals surface area contributed by atoms with E-state index >= 15 is 0 Å². The first-order valence-corrected chi connectivity index (χ1v) is 7.86. The van der Waals surface area contributed by atoms with Gasteiger partial charge in [0.2, 0.25) is 0 Å². The molecule has 10 heteroatoms. The molecule has 0 aliphatic carbocycles. The molecule has 1 unspecified atom stereocenters. The topological polar surface area (TPSA) is 121 Å². The third-order valence-electron chi connectivity index (χ3n) is 2.99. The SMILES string of the molecule is O=C(/C=C/c1ccn(S(=O)O)c1)NOCc1ccc(B(O)O)cc1. The van der Waals surface area contributed by atoms with Gasteiger partial charge in [-0.05, 0) is 28.7 Å². The van der Waals surface area contributed by atoms with E-state index in [1.807, 2.05) is 0 Å². The van der Waals surface area contributed by atoms with E-state index in [-0.39, 0.29) is 6.61 Å². The highest BCUT2D eigenvalue weighted by atomic mass is 32.2. The molecule has 1 aromatic heterocycles. The van der Waals surface area contributed by atoms with Gasteiger partial charge in [0.1, 0.15) is 0 Å². The van der Waals surface area contributed by atoms with Crippen LogP contribution in [-0.2, 0) is 27.5 Å². The Balaban J connectivity index is 1.78. The third-order valence-corrected chi connectivity index (χ3v) is 3.58. The van der Waals surface area contributed by atoms with Gasteiger partial charge in [0, 0.05) is 18.5 Å². The number of nitrogens with zero attached hydrogens (tertiary/aromatic N) is 1. The summed E-state index contributed by atoms with van der Waals surface area (Å²) in [6.07, 6.45) is 5.53. The maximum atomic E-state index is 11.6. The highest BCUT2D eigenvalue weighted by Crippen LogP contribution is 2.04.